The number of hydrogen-bond donors (Lipinski definition) is 1. The largest absolute Gasteiger partial charge is 0.444 e. The molecule has 1 saturated heterocycles. The highest BCUT2D eigenvalue weighted by molar-refractivity contribution is 5.97. The third kappa shape index (κ3) is 4.58. The summed E-state index contributed by atoms with van der Waals surface area (Å²) in [5.74, 6) is -2.47. The molecule has 7 nitrogen and oxygen atoms in total. The number of amides is 2. The Morgan fingerprint density at radius 3 is 2.53 bits per heavy atom. The Hall–Kier alpha value is -3.04. The van der Waals surface area contributed by atoms with E-state index in [0.717, 1.165) is 17.0 Å². The first-order valence-electron chi connectivity index (χ1n) is 9.38. The quantitative estimate of drug-likeness (QED) is 0.816. The van der Waals surface area contributed by atoms with Crippen LogP contribution in [0.1, 0.15) is 27.2 Å². The molecule has 1 aromatic carbocycles. The fourth-order valence-electron chi connectivity index (χ4n) is 3.25. The summed E-state index contributed by atoms with van der Waals surface area (Å²) in [5.41, 5.74) is -0.902. The van der Waals surface area contributed by atoms with E-state index < -0.39 is 47.1 Å². The smallest absolute Gasteiger partial charge is 0.411 e. The molecule has 30 heavy (non-hydrogen) atoms. The van der Waals surface area contributed by atoms with E-state index in [1.165, 1.54) is 16.9 Å². The van der Waals surface area contributed by atoms with Crippen LogP contribution in [0.25, 0.3) is 11.3 Å². The van der Waals surface area contributed by atoms with E-state index in [2.05, 4.69) is 10.4 Å². The van der Waals surface area contributed by atoms with Crippen LogP contribution in [0, 0.1) is 11.6 Å². The lowest BCUT2D eigenvalue weighted by Gasteiger charge is -2.27. The number of aryl methyl sites for hydroxylation is 1. The standard InChI is InChI=1S/C20H23F3N4O3/c1-20(2,3)30-19(29)27-10-11(21)7-17(27)18(28)25-15-9-13(22)12(8-14(15)23)16-5-6-24-26(16)4/h5-6,8-9,11,17H,7,10H2,1-4H3,(H,25,28)/t11-,17+/m0/s1. The van der Waals surface area contributed by atoms with Crippen LogP contribution in [0.15, 0.2) is 24.4 Å². The lowest BCUT2D eigenvalue weighted by molar-refractivity contribution is -0.120. The Kier molecular flexibility index (Phi) is 5.78. The summed E-state index contributed by atoms with van der Waals surface area (Å²) in [5, 5.41) is 6.17. The van der Waals surface area contributed by atoms with Crippen LogP contribution in [-0.4, -0.2) is 51.0 Å². The number of nitrogens with zero attached hydrogens (tertiary/aromatic N) is 3. The Morgan fingerprint density at radius 1 is 1.23 bits per heavy atom. The van der Waals surface area contributed by atoms with Crippen molar-refractivity contribution < 1.29 is 27.5 Å². The highest BCUT2D eigenvalue weighted by Crippen LogP contribution is 2.29. The molecule has 0 saturated carbocycles. The van der Waals surface area contributed by atoms with E-state index >= 15 is 0 Å². The van der Waals surface area contributed by atoms with Crippen molar-refractivity contribution in [3.8, 4) is 11.3 Å². The first-order chi connectivity index (χ1) is 14.0. The average molecular weight is 424 g/mol. The first kappa shape index (κ1) is 21.7. The van der Waals surface area contributed by atoms with Crippen molar-refractivity contribution in [2.75, 3.05) is 11.9 Å². The number of ether oxygens (including phenoxy) is 1. The molecule has 2 atom stereocenters. The fourth-order valence-corrected chi connectivity index (χ4v) is 3.25. The number of anilines is 1. The molecule has 0 spiro atoms. The van der Waals surface area contributed by atoms with Gasteiger partial charge in [-0.05, 0) is 32.9 Å². The van der Waals surface area contributed by atoms with Crippen molar-refractivity contribution in [3.63, 3.8) is 0 Å². The van der Waals surface area contributed by atoms with Gasteiger partial charge in [0, 0.05) is 31.3 Å². The minimum atomic E-state index is -1.43. The van der Waals surface area contributed by atoms with Crippen LogP contribution >= 0.6 is 0 Å². The molecule has 0 unspecified atom stereocenters. The number of aromatic nitrogens is 2. The summed E-state index contributed by atoms with van der Waals surface area (Å²) in [6.07, 6.45) is -1.09. The summed E-state index contributed by atoms with van der Waals surface area (Å²) in [7, 11) is 1.58. The molecule has 1 aromatic heterocycles. The summed E-state index contributed by atoms with van der Waals surface area (Å²) < 4.78 is 49.6. The van der Waals surface area contributed by atoms with E-state index in [1.807, 2.05) is 0 Å². The van der Waals surface area contributed by atoms with Gasteiger partial charge in [0.15, 0.2) is 0 Å². The van der Waals surface area contributed by atoms with Gasteiger partial charge in [0.25, 0.3) is 0 Å². The Bertz CT molecular complexity index is 971. The van der Waals surface area contributed by atoms with Gasteiger partial charge in [-0.2, -0.15) is 5.10 Å². The minimum Gasteiger partial charge on any atom is -0.444 e. The maximum atomic E-state index is 14.6. The van der Waals surface area contributed by atoms with Crippen molar-refractivity contribution >= 4 is 17.7 Å². The van der Waals surface area contributed by atoms with E-state index in [1.54, 1.807) is 27.8 Å². The van der Waals surface area contributed by atoms with Crippen molar-refractivity contribution in [2.24, 2.45) is 7.05 Å². The summed E-state index contributed by atoms with van der Waals surface area (Å²) in [4.78, 5) is 25.9. The Balaban J connectivity index is 1.80. The molecule has 0 aliphatic carbocycles. The van der Waals surface area contributed by atoms with Gasteiger partial charge in [-0.25, -0.2) is 18.0 Å². The van der Waals surface area contributed by atoms with Crippen molar-refractivity contribution in [3.05, 3.63) is 36.0 Å². The number of carbonyl (C=O) groups excluding carboxylic acids is 2. The Morgan fingerprint density at radius 2 is 1.93 bits per heavy atom. The van der Waals surface area contributed by atoms with E-state index in [9.17, 15) is 22.8 Å². The lowest BCUT2D eigenvalue weighted by atomic mass is 10.1. The van der Waals surface area contributed by atoms with Gasteiger partial charge >= 0.3 is 6.09 Å². The fraction of sp³-hybridized carbons (Fsp3) is 0.450. The van der Waals surface area contributed by atoms with Gasteiger partial charge < -0.3 is 10.1 Å². The van der Waals surface area contributed by atoms with Crippen molar-refractivity contribution in [1.29, 1.82) is 0 Å². The summed E-state index contributed by atoms with van der Waals surface area (Å²) in [6, 6.07) is 2.11. The van der Waals surface area contributed by atoms with E-state index in [0.29, 0.717) is 5.69 Å². The monoisotopic (exact) mass is 424 g/mol. The Labute approximate surface area is 171 Å². The summed E-state index contributed by atoms with van der Waals surface area (Å²) >= 11 is 0. The topological polar surface area (TPSA) is 76.5 Å². The number of hydrogen-bond acceptors (Lipinski definition) is 4. The number of halogens is 3. The molecule has 162 valence electrons. The second-order valence-corrected chi connectivity index (χ2v) is 8.12. The summed E-state index contributed by atoms with van der Waals surface area (Å²) in [6.45, 7) is 4.62. The maximum Gasteiger partial charge on any atom is 0.411 e. The second-order valence-electron chi connectivity index (χ2n) is 8.12. The highest BCUT2D eigenvalue weighted by atomic mass is 19.1. The molecular weight excluding hydrogens is 401 g/mol. The molecule has 1 aliphatic rings. The molecule has 1 aliphatic heterocycles. The molecule has 1 fully saturated rings. The molecule has 1 N–H and O–H groups in total. The molecule has 2 aromatic rings. The zero-order valence-electron chi connectivity index (χ0n) is 17.1. The molecule has 2 heterocycles. The van der Waals surface area contributed by atoms with Crippen LogP contribution in [0.4, 0.5) is 23.7 Å². The molecule has 0 radical (unpaired) electrons. The number of alkyl halides is 1. The van der Waals surface area contributed by atoms with Crippen molar-refractivity contribution in [1.82, 2.24) is 14.7 Å². The number of likely N-dealkylation sites (tertiary alicyclic amines) is 1. The maximum absolute atomic E-state index is 14.6. The second kappa shape index (κ2) is 8.00. The van der Waals surface area contributed by atoms with Crippen LogP contribution in [-0.2, 0) is 16.6 Å². The molecule has 10 heteroatoms. The van der Waals surface area contributed by atoms with Gasteiger partial charge in [0.2, 0.25) is 5.91 Å². The van der Waals surface area contributed by atoms with Crippen LogP contribution in [0.3, 0.4) is 0 Å². The first-order valence-corrected chi connectivity index (χ1v) is 9.38. The van der Waals surface area contributed by atoms with Gasteiger partial charge in [0.05, 0.1) is 17.9 Å². The van der Waals surface area contributed by atoms with Crippen LogP contribution in [0.5, 0.6) is 0 Å². The molecule has 0 bridgehead atoms. The predicted octanol–water partition coefficient (Wildman–Crippen LogP) is 3.65. The number of benzene rings is 1. The third-order valence-electron chi connectivity index (χ3n) is 4.59. The lowest BCUT2D eigenvalue weighted by Crippen LogP contribution is -2.45. The molecule has 2 amide bonds. The van der Waals surface area contributed by atoms with Gasteiger partial charge in [-0.15, -0.1) is 0 Å². The number of nitrogens with one attached hydrogen (secondary N) is 1. The van der Waals surface area contributed by atoms with Gasteiger partial charge in [-0.1, -0.05) is 0 Å². The third-order valence-corrected chi connectivity index (χ3v) is 4.59. The van der Waals surface area contributed by atoms with E-state index in [4.69, 9.17) is 4.74 Å². The van der Waals surface area contributed by atoms with E-state index in [-0.39, 0.29) is 18.5 Å². The highest BCUT2D eigenvalue weighted by Gasteiger charge is 2.42. The minimum absolute atomic E-state index is 0.0226. The molecular formula is C20H23F3N4O3. The number of carbonyl (C=O) groups is 2. The van der Waals surface area contributed by atoms with Crippen LogP contribution in [0.2, 0.25) is 0 Å². The van der Waals surface area contributed by atoms with Crippen LogP contribution < -0.4 is 5.32 Å². The normalized spacial score (nSPS) is 19.1. The molecule has 3 rings (SSSR count). The van der Waals surface area contributed by atoms with Gasteiger partial charge in [-0.3, -0.25) is 14.4 Å². The zero-order valence-corrected chi connectivity index (χ0v) is 17.1. The average Bonchev–Trinajstić information content (AvgIpc) is 3.22. The van der Waals surface area contributed by atoms with Gasteiger partial charge in [0.1, 0.15) is 29.4 Å². The SMILES string of the molecule is Cn1nccc1-c1cc(F)c(NC(=O)[C@H]2C[C@H](F)CN2C(=O)OC(C)(C)C)cc1F. The van der Waals surface area contributed by atoms with Crippen molar-refractivity contribution in [2.45, 2.75) is 45.0 Å². The number of rotatable bonds is 3. The predicted molar refractivity (Wildman–Crippen MR) is 103 cm³/mol. The zero-order chi connectivity index (χ0) is 22.2.